The number of benzene rings is 1. The summed E-state index contributed by atoms with van der Waals surface area (Å²) in [7, 11) is 0. The molecule has 74 valence electrons. The highest BCUT2D eigenvalue weighted by Crippen LogP contribution is 2.20. The molecule has 1 aromatic carbocycles. The van der Waals surface area contributed by atoms with Crippen LogP contribution < -0.4 is 5.90 Å². The topological polar surface area (TPSA) is 51.0 Å². The fourth-order valence-electron chi connectivity index (χ4n) is 1.61. The normalized spacial score (nSPS) is 13.3. The Balaban J connectivity index is 2.33. The molecule has 0 bridgehead atoms. The third-order valence-electron chi connectivity index (χ3n) is 2.49. The molecule has 0 aliphatic heterocycles. The predicted molar refractivity (Wildman–Crippen MR) is 56.9 cm³/mol. The number of rotatable bonds is 3. The van der Waals surface area contributed by atoms with Gasteiger partial charge in [0.1, 0.15) is 0 Å². The van der Waals surface area contributed by atoms with Crippen LogP contribution in [0, 0.1) is 0 Å². The first kappa shape index (κ1) is 9.24. The maximum Gasteiger partial charge on any atom is 0.0745 e. The first-order valence-corrected chi connectivity index (χ1v) is 4.70. The molecule has 0 aliphatic rings. The van der Waals surface area contributed by atoms with Crippen molar-refractivity contribution in [2.24, 2.45) is 5.90 Å². The van der Waals surface area contributed by atoms with Gasteiger partial charge in [-0.15, -0.1) is 0 Å². The van der Waals surface area contributed by atoms with Gasteiger partial charge in [-0.3, -0.25) is 0 Å². The molecule has 2 rings (SSSR count). The van der Waals surface area contributed by atoms with E-state index in [4.69, 9.17) is 5.90 Å². The summed E-state index contributed by atoms with van der Waals surface area (Å²) in [5.41, 5.74) is 2.40. The van der Waals surface area contributed by atoms with Crippen LogP contribution >= 0.6 is 0 Å². The smallest absolute Gasteiger partial charge is 0.0745 e. The maximum absolute atomic E-state index is 5.05. The molecular formula is C11H14N2O. The number of hydrogen-bond donors (Lipinski definition) is 2. The van der Waals surface area contributed by atoms with Gasteiger partial charge in [0.2, 0.25) is 0 Å². The summed E-state index contributed by atoms with van der Waals surface area (Å²) in [4.78, 5) is 7.83. The van der Waals surface area contributed by atoms with Crippen molar-refractivity contribution in [3.05, 3.63) is 36.0 Å². The van der Waals surface area contributed by atoms with Gasteiger partial charge >= 0.3 is 0 Å². The maximum atomic E-state index is 5.05. The van der Waals surface area contributed by atoms with Crippen molar-refractivity contribution in [1.82, 2.24) is 4.98 Å². The number of nitrogens with two attached hydrogens (primary N) is 1. The van der Waals surface area contributed by atoms with E-state index in [0.29, 0.717) is 12.5 Å². The van der Waals surface area contributed by atoms with Crippen LogP contribution in [0.4, 0.5) is 0 Å². The minimum Gasteiger partial charge on any atom is -0.361 e. The first-order valence-electron chi connectivity index (χ1n) is 4.70. The number of H-pyrrole nitrogens is 1. The number of aromatic amines is 1. The Bertz CT molecular complexity index is 422. The lowest BCUT2D eigenvalue weighted by atomic mass is 10.0. The molecule has 0 fully saturated rings. The van der Waals surface area contributed by atoms with Crippen LogP contribution in [0.1, 0.15) is 18.4 Å². The van der Waals surface area contributed by atoms with Crippen LogP contribution in [0.2, 0.25) is 0 Å². The van der Waals surface area contributed by atoms with Crippen molar-refractivity contribution in [2.75, 3.05) is 6.61 Å². The molecule has 3 nitrogen and oxygen atoms in total. The molecule has 1 aromatic heterocycles. The van der Waals surface area contributed by atoms with E-state index in [1.807, 2.05) is 6.20 Å². The molecular weight excluding hydrogens is 176 g/mol. The van der Waals surface area contributed by atoms with Crippen molar-refractivity contribution in [3.8, 4) is 0 Å². The van der Waals surface area contributed by atoms with E-state index in [0.717, 1.165) is 5.52 Å². The highest BCUT2D eigenvalue weighted by atomic mass is 16.6. The van der Waals surface area contributed by atoms with Crippen molar-refractivity contribution in [1.29, 1.82) is 0 Å². The van der Waals surface area contributed by atoms with Crippen LogP contribution in [0.15, 0.2) is 30.5 Å². The molecule has 3 heteroatoms. The molecule has 0 spiro atoms. The fourth-order valence-corrected chi connectivity index (χ4v) is 1.61. The second-order valence-corrected chi connectivity index (χ2v) is 3.56. The predicted octanol–water partition coefficient (Wildman–Crippen LogP) is 2.16. The molecule has 0 amide bonds. The SMILES string of the molecule is CC(CON)c1ccc2cc[nH]c2c1. The molecule has 0 saturated carbocycles. The van der Waals surface area contributed by atoms with Crippen LogP contribution in [0.25, 0.3) is 10.9 Å². The average Bonchev–Trinajstić information content (AvgIpc) is 2.64. The third-order valence-corrected chi connectivity index (χ3v) is 2.49. The van der Waals surface area contributed by atoms with Crippen molar-refractivity contribution in [2.45, 2.75) is 12.8 Å². The molecule has 3 N–H and O–H groups in total. The lowest BCUT2D eigenvalue weighted by Gasteiger charge is -2.09. The number of hydrogen-bond acceptors (Lipinski definition) is 2. The lowest BCUT2D eigenvalue weighted by molar-refractivity contribution is 0.126. The highest BCUT2D eigenvalue weighted by Gasteiger charge is 2.05. The summed E-state index contributed by atoms with van der Waals surface area (Å²) < 4.78 is 0. The Kier molecular flexibility index (Phi) is 2.52. The second-order valence-electron chi connectivity index (χ2n) is 3.56. The van der Waals surface area contributed by atoms with Crippen LogP contribution in [0.3, 0.4) is 0 Å². The van der Waals surface area contributed by atoms with E-state index in [2.05, 4.69) is 41.0 Å². The van der Waals surface area contributed by atoms with Gasteiger partial charge < -0.3 is 9.82 Å². The minimum absolute atomic E-state index is 0.327. The van der Waals surface area contributed by atoms with Gasteiger partial charge in [0.25, 0.3) is 0 Å². The van der Waals surface area contributed by atoms with Gasteiger partial charge in [0.15, 0.2) is 0 Å². The van der Waals surface area contributed by atoms with Crippen LogP contribution in [-0.4, -0.2) is 11.6 Å². The van der Waals surface area contributed by atoms with E-state index >= 15 is 0 Å². The van der Waals surface area contributed by atoms with Gasteiger partial charge in [0.05, 0.1) is 6.61 Å². The number of nitrogens with one attached hydrogen (secondary N) is 1. The molecule has 1 heterocycles. The van der Waals surface area contributed by atoms with Gasteiger partial charge in [-0.25, -0.2) is 5.90 Å². The molecule has 0 radical (unpaired) electrons. The minimum atomic E-state index is 0.327. The molecule has 14 heavy (non-hydrogen) atoms. The summed E-state index contributed by atoms with van der Waals surface area (Å²) in [6, 6.07) is 8.41. The zero-order chi connectivity index (χ0) is 9.97. The monoisotopic (exact) mass is 190 g/mol. The highest BCUT2D eigenvalue weighted by molar-refractivity contribution is 5.79. The zero-order valence-electron chi connectivity index (χ0n) is 8.16. The summed E-state index contributed by atoms with van der Waals surface area (Å²) >= 11 is 0. The largest absolute Gasteiger partial charge is 0.361 e. The van der Waals surface area contributed by atoms with Crippen molar-refractivity contribution >= 4 is 10.9 Å². The zero-order valence-corrected chi connectivity index (χ0v) is 8.16. The standard InChI is InChI=1S/C11H14N2O/c1-8(7-14-12)10-3-2-9-4-5-13-11(9)6-10/h2-6,8,13H,7,12H2,1H3. The Morgan fingerprint density at radius 3 is 3.07 bits per heavy atom. The number of fused-ring (bicyclic) bond motifs is 1. The quantitative estimate of drug-likeness (QED) is 0.729. The van der Waals surface area contributed by atoms with Gasteiger partial charge in [-0.2, -0.15) is 0 Å². The van der Waals surface area contributed by atoms with Gasteiger partial charge in [-0.1, -0.05) is 19.1 Å². The molecule has 1 unspecified atom stereocenters. The van der Waals surface area contributed by atoms with Crippen LogP contribution in [-0.2, 0) is 4.84 Å². The Morgan fingerprint density at radius 1 is 1.43 bits per heavy atom. The summed E-state index contributed by atoms with van der Waals surface area (Å²) in [5, 5.41) is 1.23. The van der Waals surface area contributed by atoms with Gasteiger partial charge in [0, 0.05) is 17.6 Å². The second kappa shape index (κ2) is 3.82. The molecule has 0 aliphatic carbocycles. The summed E-state index contributed by atoms with van der Waals surface area (Å²) in [5.74, 6) is 5.38. The van der Waals surface area contributed by atoms with E-state index in [-0.39, 0.29) is 0 Å². The Labute approximate surface area is 82.8 Å². The molecule has 2 aromatic rings. The van der Waals surface area contributed by atoms with Crippen molar-refractivity contribution in [3.63, 3.8) is 0 Å². The van der Waals surface area contributed by atoms with Crippen molar-refractivity contribution < 1.29 is 4.84 Å². The van der Waals surface area contributed by atoms with E-state index in [1.54, 1.807) is 0 Å². The summed E-state index contributed by atoms with van der Waals surface area (Å²) in [6.45, 7) is 2.64. The fraction of sp³-hybridized carbons (Fsp3) is 0.273. The van der Waals surface area contributed by atoms with E-state index in [1.165, 1.54) is 10.9 Å². The Morgan fingerprint density at radius 2 is 2.29 bits per heavy atom. The van der Waals surface area contributed by atoms with Gasteiger partial charge in [-0.05, 0) is 23.1 Å². The summed E-state index contributed by atoms with van der Waals surface area (Å²) in [6.07, 6.45) is 1.94. The number of aromatic nitrogens is 1. The van der Waals surface area contributed by atoms with Crippen LogP contribution in [0.5, 0.6) is 0 Å². The third kappa shape index (κ3) is 1.64. The van der Waals surface area contributed by atoms with E-state index in [9.17, 15) is 0 Å². The molecule has 0 saturated heterocycles. The average molecular weight is 190 g/mol. The first-order chi connectivity index (χ1) is 6.81. The van der Waals surface area contributed by atoms with E-state index < -0.39 is 0 Å². The molecule has 1 atom stereocenters. The Hall–Kier alpha value is -1.32. The lowest BCUT2D eigenvalue weighted by Crippen LogP contribution is -2.08.